The second-order valence-corrected chi connectivity index (χ2v) is 7.18. The van der Waals surface area contributed by atoms with E-state index >= 15 is 0 Å². The van der Waals surface area contributed by atoms with E-state index in [1.54, 1.807) is 6.20 Å². The van der Waals surface area contributed by atoms with E-state index in [-0.39, 0.29) is 12.3 Å². The molecule has 0 radical (unpaired) electrons. The molecule has 2 heterocycles. The highest BCUT2D eigenvalue weighted by Gasteiger charge is 2.20. The molecular formula is C23H25N5O. The molecule has 2 aromatic carbocycles. The summed E-state index contributed by atoms with van der Waals surface area (Å²) in [5.41, 5.74) is 5.84. The van der Waals surface area contributed by atoms with Gasteiger partial charge in [-0.1, -0.05) is 30.3 Å². The van der Waals surface area contributed by atoms with Crippen LogP contribution in [0.25, 0.3) is 11.3 Å². The molecule has 6 nitrogen and oxygen atoms in total. The number of carbonyl (C=O) groups is 1. The monoisotopic (exact) mass is 387 g/mol. The summed E-state index contributed by atoms with van der Waals surface area (Å²) in [6.45, 7) is 6.76. The Morgan fingerprint density at radius 3 is 2.86 bits per heavy atom. The van der Waals surface area contributed by atoms with E-state index in [4.69, 9.17) is 4.98 Å². The maximum Gasteiger partial charge on any atom is 0.228 e. The standard InChI is InChI=1S/C23H25N5O/c1-3-28(18-8-6-7-16(2)13-18)12-11-24-23-25-15-17-14-21(29)26-20-10-5-4-9-19(20)22(17)27-23/h4-10,13,15H,3,11-12,14H2,1-2H3,(H,26,29)(H,24,25,27). The third kappa shape index (κ3) is 4.21. The van der Waals surface area contributed by atoms with Crippen LogP contribution < -0.4 is 15.5 Å². The van der Waals surface area contributed by atoms with Crippen molar-refractivity contribution < 1.29 is 4.79 Å². The number of nitrogens with one attached hydrogen (secondary N) is 2. The third-order valence-electron chi connectivity index (χ3n) is 5.09. The molecule has 0 spiro atoms. The Morgan fingerprint density at radius 2 is 2.03 bits per heavy atom. The number of aromatic nitrogens is 2. The van der Waals surface area contributed by atoms with Gasteiger partial charge in [0.1, 0.15) is 0 Å². The number of fused-ring (bicyclic) bond motifs is 3. The Kier molecular flexibility index (Phi) is 5.42. The predicted octanol–water partition coefficient (Wildman–Crippen LogP) is 3.89. The maximum absolute atomic E-state index is 12.1. The number of para-hydroxylation sites is 1. The van der Waals surface area contributed by atoms with E-state index in [0.717, 1.165) is 42.1 Å². The van der Waals surface area contributed by atoms with Crippen LogP contribution >= 0.6 is 0 Å². The molecule has 1 amide bonds. The van der Waals surface area contributed by atoms with Gasteiger partial charge in [0.05, 0.1) is 17.8 Å². The van der Waals surface area contributed by atoms with Crippen molar-refractivity contribution in [3.05, 3.63) is 65.9 Å². The van der Waals surface area contributed by atoms with Crippen molar-refractivity contribution in [2.24, 2.45) is 0 Å². The van der Waals surface area contributed by atoms with Gasteiger partial charge in [-0.15, -0.1) is 0 Å². The summed E-state index contributed by atoms with van der Waals surface area (Å²) >= 11 is 0. The van der Waals surface area contributed by atoms with Crippen LogP contribution in [0.4, 0.5) is 17.3 Å². The van der Waals surface area contributed by atoms with Crippen LogP contribution in [0.15, 0.2) is 54.7 Å². The Morgan fingerprint density at radius 1 is 1.17 bits per heavy atom. The summed E-state index contributed by atoms with van der Waals surface area (Å²) in [6.07, 6.45) is 2.03. The lowest BCUT2D eigenvalue weighted by atomic mass is 10.1. The van der Waals surface area contributed by atoms with E-state index in [1.165, 1.54) is 11.3 Å². The molecule has 1 aliphatic heterocycles. The van der Waals surface area contributed by atoms with Gasteiger partial charge in [0.15, 0.2) is 0 Å². The van der Waals surface area contributed by atoms with Crippen LogP contribution in [-0.4, -0.2) is 35.5 Å². The van der Waals surface area contributed by atoms with Gasteiger partial charge in [0.2, 0.25) is 11.9 Å². The molecule has 4 rings (SSSR count). The van der Waals surface area contributed by atoms with Crippen LogP contribution in [0.1, 0.15) is 18.1 Å². The van der Waals surface area contributed by atoms with Crippen molar-refractivity contribution in [2.75, 3.05) is 35.2 Å². The molecule has 2 N–H and O–H groups in total. The highest BCUT2D eigenvalue weighted by molar-refractivity contribution is 5.99. The number of hydrogen-bond acceptors (Lipinski definition) is 5. The van der Waals surface area contributed by atoms with Gasteiger partial charge in [0, 0.05) is 42.6 Å². The summed E-state index contributed by atoms with van der Waals surface area (Å²) in [5.74, 6) is 0.533. The fraction of sp³-hybridized carbons (Fsp3) is 0.261. The molecule has 0 fully saturated rings. The average molecular weight is 387 g/mol. The van der Waals surface area contributed by atoms with E-state index in [1.807, 2.05) is 24.3 Å². The van der Waals surface area contributed by atoms with Crippen molar-refractivity contribution in [3.63, 3.8) is 0 Å². The van der Waals surface area contributed by atoms with E-state index in [9.17, 15) is 4.79 Å². The van der Waals surface area contributed by atoms with Crippen molar-refractivity contribution in [3.8, 4) is 11.3 Å². The molecule has 0 unspecified atom stereocenters. The van der Waals surface area contributed by atoms with Crippen LogP contribution in [0.2, 0.25) is 0 Å². The van der Waals surface area contributed by atoms with Gasteiger partial charge in [-0.05, 0) is 37.6 Å². The van der Waals surface area contributed by atoms with Crippen molar-refractivity contribution >= 4 is 23.2 Å². The second-order valence-electron chi connectivity index (χ2n) is 7.18. The molecule has 0 atom stereocenters. The van der Waals surface area contributed by atoms with Crippen LogP contribution in [0, 0.1) is 6.92 Å². The fourth-order valence-corrected chi connectivity index (χ4v) is 3.62. The minimum Gasteiger partial charge on any atom is -0.370 e. The summed E-state index contributed by atoms with van der Waals surface area (Å²) in [4.78, 5) is 23.6. The molecule has 6 heteroatoms. The highest BCUT2D eigenvalue weighted by atomic mass is 16.1. The zero-order chi connectivity index (χ0) is 20.2. The van der Waals surface area contributed by atoms with E-state index < -0.39 is 0 Å². The SMILES string of the molecule is CCN(CCNc1ncc2c(n1)-c1ccccc1NC(=O)C2)c1cccc(C)c1. The van der Waals surface area contributed by atoms with Crippen LogP contribution in [0.3, 0.4) is 0 Å². The minimum absolute atomic E-state index is 0.0442. The predicted molar refractivity (Wildman–Crippen MR) is 117 cm³/mol. The molecule has 0 saturated heterocycles. The maximum atomic E-state index is 12.1. The third-order valence-corrected chi connectivity index (χ3v) is 5.09. The number of anilines is 3. The summed E-state index contributed by atoms with van der Waals surface area (Å²) < 4.78 is 0. The first-order valence-electron chi connectivity index (χ1n) is 9.94. The Balaban J connectivity index is 1.50. The number of benzene rings is 2. The Hall–Kier alpha value is -3.41. The lowest BCUT2D eigenvalue weighted by Crippen LogP contribution is -2.29. The van der Waals surface area contributed by atoms with Gasteiger partial charge in [0.25, 0.3) is 0 Å². The summed E-state index contributed by atoms with van der Waals surface area (Å²) in [7, 11) is 0. The molecule has 1 aromatic heterocycles. The first-order chi connectivity index (χ1) is 14.1. The van der Waals surface area contributed by atoms with Crippen LogP contribution in [-0.2, 0) is 11.2 Å². The average Bonchev–Trinajstić information content (AvgIpc) is 2.86. The smallest absolute Gasteiger partial charge is 0.228 e. The molecular weight excluding hydrogens is 362 g/mol. The molecule has 0 bridgehead atoms. The van der Waals surface area contributed by atoms with Gasteiger partial charge >= 0.3 is 0 Å². The normalized spacial score (nSPS) is 12.4. The number of nitrogens with zero attached hydrogens (tertiary/aromatic N) is 3. The molecule has 3 aromatic rings. The number of carbonyl (C=O) groups excluding carboxylic acids is 1. The number of hydrogen-bond donors (Lipinski definition) is 2. The number of rotatable bonds is 6. The summed E-state index contributed by atoms with van der Waals surface area (Å²) in [6, 6.07) is 16.3. The van der Waals surface area contributed by atoms with Crippen molar-refractivity contribution in [2.45, 2.75) is 20.3 Å². The van der Waals surface area contributed by atoms with Gasteiger partial charge in [-0.2, -0.15) is 0 Å². The zero-order valence-corrected chi connectivity index (χ0v) is 16.8. The Labute approximate surface area is 171 Å². The molecule has 0 saturated carbocycles. The van der Waals surface area contributed by atoms with Gasteiger partial charge < -0.3 is 15.5 Å². The second kappa shape index (κ2) is 8.31. The number of aryl methyl sites for hydroxylation is 1. The molecule has 1 aliphatic rings. The van der Waals surface area contributed by atoms with Gasteiger partial charge in [-0.3, -0.25) is 4.79 Å². The molecule has 0 aliphatic carbocycles. The minimum atomic E-state index is -0.0442. The summed E-state index contributed by atoms with van der Waals surface area (Å²) in [5, 5.41) is 6.28. The van der Waals surface area contributed by atoms with Crippen LogP contribution in [0.5, 0.6) is 0 Å². The largest absolute Gasteiger partial charge is 0.370 e. The molecule has 148 valence electrons. The molecule has 29 heavy (non-hydrogen) atoms. The first kappa shape index (κ1) is 18.9. The van der Waals surface area contributed by atoms with Gasteiger partial charge in [-0.25, -0.2) is 9.97 Å². The topological polar surface area (TPSA) is 70.2 Å². The van der Waals surface area contributed by atoms with E-state index in [2.05, 4.69) is 58.6 Å². The number of likely N-dealkylation sites (N-methyl/N-ethyl adjacent to an activating group) is 1. The fourth-order valence-electron chi connectivity index (χ4n) is 3.62. The number of amides is 1. The lowest BCUT2D eigenvalue weighted by molar-refractivity contribution is -0.115. The zero-order valence-electron chi connectivity index (χ0n) is 16.8. The van der Waals surface area contributed by atoms with Crippen molar-refractivity contribution in [1.82, 2.24) is 9.97 Å². The quantitative estimate of drug-likeness (QED) is 0.672. The lowest BCUT2D eigenvalue weighted by Gasteiger charge is -2.23. The highest BCUT2D eigenvalue weighted by Crippen LogP contribution is 2.32. The van der Waals surface area contributed by atoms with E-state index in [0.29, 0.717) is 5.95 Å². The Bertz CT molecular complexity index is 1030. The first-order valence-corrected chi connectivity index (χ1v) is 9.94. The van der Waals surface area contributed by atoms with Crippen molar-refractivity contribution in [1.29, 1.82) is 0 Å².